The Labute approximate surface area is 77.3 Å². The Hall–Kier alpha value is -0.760. The summed E-state index contributed by atoms with van der Waals surface area (Å²) >= 11 is 0. The van der Waals surface area contributed by atoms with Gasteiger partial charge in [0.1, 0.15) is 5.70 Å². The number of nitrogens with zero attached hydrogens (tertiary/aromatic N) is 1. The summed E-state index contributed by atoms with van der Waals surface area (Å²) in [5, 5.41) is 2.01. The van der Waals surface area contributed by atoms with Crippen molar-refractivity contribution in [3.63, 3.8) is 0 Å². The van der Waals surface area contributed by atoms with Gasteiger partial charge in [-0.25, -0.2) is 13.4 Å². The van der Waals surface area contributed by atoms with E-state index in [1.54, 1.807) is 0 Å². The van der Waals surface area contributed by atoms with E-state index >= 15 is 0 Å². The highest BCUT2D eigenvalue weighted by Crippen LogP contribution is 1.97. The largest absolute Gasteiger partial charge is 0.726 e. The molecule has 0 amide bonds. The fourth-order valence-electron chi connectivity index (χ4n) is 0.483. The molecule has 6 nitrogen and oxygen atoms in total. The predicted octanol–water partition coefficient (Wildman–Crippen LogP) is -1.06. The normalized spacial score (nSPS) is 15.7. The van der Waals surface area contributed by atoms with Crippen molar-refractivity contribution in [2.75, 3.05) is 7.11 Å². The van der Waals surface area contributed by atoms with Crippen molar-refractivity contribution in [1.82, 2.24) is 0 Å². The minimum absolute atomic E-state index is 0.808. The second-order valence-corrected chi connectivity index (χ2v) is 3.44. The molecule has 1 rings (SSSR count). The highest BCUT2D eigenvalue weighted by Gasteiger charge is 2.02. The van der Waals surface area contributed by atoms with Gasteiger partial charge in [-0.05, 0) is 6.92 Å². The lowest BCUT2D eigenvalue weighted by atomic mass is 10.4. The zero-order chi connectivity index (χ0) is 10.5. The Morgan fingerprint density at radius 2 is 2.00 bits per heavy atom. The molecule has 13 heavy (non-hydrogen) atoms. The summed E-state index contributed by atoms with van der Waals surface area (Å²) in [6.45, 7) is 4.07. The zero-order valence-electron chi connectivity index (χ0n) is 7.64. The molecule has 1 aliphatic heterocycles. The lowest BCUT2D eigenvalue weighted by Crippen LogP contribution is -2.78. The summed E-state index contributed by atoms with van der Waals surface area (Å²) in [6.07, 6.45) is 1.82. The van der Waals surface area contributed by atoms with E-state index in [0.717, 1.165) is 12.8 Å². The topological polar surface area (TPSA) is 95.4 Å². The SMILES string of the molecule is CC1=C(C)[NH2+]C=N1.COS(=O)(=O)[O-]. The highest BCUT2D eigenvalue weighted by molar-refractivity contribution is 7.80. The summed E-state index contributed by atoms with van der Waals surface area (Å²) in [5.74, 6) is 0. The second-order valence-electron chi connectivity index (χ2n) is 2.29. The third-order valence-electron chi connectivity index (χ3n) is 1.37. The van der Waals surface area contributed by atoms with Gasteiger partial charge in [0.2, 0.25) is 10.4 Å². The maximum absolute atomic E-state index is 9.22. The van der Waals surface area contributed by atoms with Gasteiger partial charge in [-0.3, -0.25) is 9.50 Å². The quantitative estimate of drug-likeness (QED) is 0.438. The lowest BCUT2D eigenvalue weighted by Gasteiger charge is -1.98. The first-order valence-electron chi connectivity index (χ1n) is 3.43. The van der Waals surface area contributed by atoms with Crippen molar-refractivity contribution in [3.05, 3.63) is 11.4 Å². The fraction of sp³-hybridized carbons (Fsp3) is 0.500. The van der Waals surface area contributed by atoms with E-state index in [0.29, 0.717) is 0 Å². The maximum atomic E-state index is 9.22. The van der Waals surface area contributed by atoms with Crippen LogP contribution in [0.1, 0.15) is 13.8 Å². The van der Waals surface area contributed by atoms with E-state index in [1.807, 2.05) is 18.6 Å². The van der Waals surface area contributed by atoms with E-state index < -0.39 is 10.4 Å². The average molecular weight is 208 g/mol. The van der Waals surface area contributed by atoms with Crippen molar-refractivity contribution < 1.29 is 22.5 Å². The molecule has 0 aromatic heterocycles. The van der Waals surface area contributed by atoms with Crippen LogP contribution in [0, 0.1) is 0 Å². The van der Waals surface area contributed by atoms with Crippen LogP contribution in [0.3, 0.4) is 0 Å². The maximum Gasteiger partial charge on any atom is 0.217 e. The number of quaternary nitrogens is 1. The van der Waals surface area contributed by atoms with Crippen LogP contribution in [0.2, 0.25) is 0 Å². The molecule has 0 bridgehead atoms. The summed E-state index contributed by atoms with van der Waals surface area (Å²) in [5.41, 5.74) is 2.42. The average Bonchev–Trinajstić information content (AvgIpc) is 2.36. The Morgan fingerprint density at radius 1 is 1.54 bits per heavy atom. The second kappa shape index (κ2) is 5.07. The van der Waals surface area contributed by atoms with Gasteiger partial charge in [-0.2, -0.15) is 0 Å². The van der Waals surface area contributed by atoms with Crippen molar-refractivity contribution in [1.29, 1.82) is 0 Å². The first-order chi connectivity index (χ1) is 5.87. The number of hydrogen-bond donors (Lipinski definition) is 1. The minimum Gasteiger partial charge on any atom is -0.726 e. The van der Waals surface area contributed by atoms with Gasteiger partial charge in [0.25, 0.3) is 0 Å². The number of hydrogen-bond acceptors (Lipinski definition) is 5. The van der Waals surface area contributed by atoms with Gasteiger partial charge in [0.05, 0.1) is 12.8 Å². The van der Waals surface area contributed by atoms with Crippen LogP contribution in [0.25, 0.3) is 0 Å². The first kappa shape index (κ1) is 12.2. The number of nitrogens with two attached hydrogens (primary N) is 1. The smallest absolute Gasteiger partial charge is 0.217 e. The van der Waals surface area contributed by atoms with Crippen molar-refractivity contribution in [2.24, 2.45) is 4.99 Å². The molecule has 0 saturated heterocycles. The third kappa shape index (κ3) is 6.41. The zero-order valence-corrected chi connectivity index (χ0v) is 8.46. The number of aliphatic imine (C=N–C) groups is 1. The molecule has 0 atom stereocenters. The van der Waals surface area contributed by atoms with Crippen LogP contribution in [-0.2, 0) is 14.6 Å². The Kier molecular flexibility index (Phi) is 4.78. The molecular weight excluding hydrogens is 196 g/mol. The fourth-order valence-corrected chi connectivity index (χ4v) is 0.483. The molecular formula is C6H12N2O4S. The molecule has 0 radical (unpaired) electrons. The predicted molar refractivity (Wildman–Crippen MR) is 45.5 cm³/mol. The van der Waals surface area contributed by atoms with Gasteiger partial charge in [-0.15, -0.1) is 0 Å². The van der Waals surface area contributed by atoms with E-state index in [-0.39, 0.29) is 0 Å². The van der Waals surface area contributed by atoms with E-state index in [1.165, 1.54) is 5.70 Å². The van der Waals surface area contributed by atoms with Crippen LogP contribution >= 0.6 is 0 Å². The van der Waals surface area contributed by atoms with Crippen LogP contribution < -0.4 is 5.32 Å². The molecule has 1 aliphatic rings. The Balaban J connectivity index is 0.000000226. The van der Waals surface area contributed by atoms with Crippen molar-refractivity contribution >= 4 is 16.7 Å². The van der Waals surface area contributed by atoms with Crippen molar-refractivity contribution in [2.45, 2.75) is 13.8 Å². The molecule has 0 saturated carbocycles. The third-order valence-corrected chi connectivity index (χ3v) is 1.78. The van der Waals surface area contributed by atoms with Gasteiger partial charge >= 0.3 is 0 Å². The van der Waals surface area contributed by atoms with E-state index in [4.69, 9.17) is 0 Å². The van der Waals surface area contributed by atoms with Gasteiger partial charge in [0, 0.05) is 6.92 Å². The molecule has 76 valence electrons. The summed E-state index contributed by atoms with van der Waals surface area (Å²) < 4.78 is 31.0. The molecule has 0 spiro atoms. The summed E-state index contributed by atoms with van der Waals surface area (Å²) in [4.78, 5) is 4.02. The summed E-state index contributed by atoms with van der Waals surface area (Å²) in [7, 11) is -3.60. The van der Waals surface area contributed by atoms with E-state index in [9.17, 15) is 13.0 Å². The van der Waals surface area contributed by atoms with Crippen LogP contribution in [-0.4, -0.2) is 26.4 Å². The monoisotopic (exact) mass is 208 g/mol. The highest BCUT2D eigenvalue weighted by atomic mass is 32.3. The van der Waals surface area contributed by atoms with Crippen LogP contribution in [0.15, 0.2) is 16.4 Å². The van der Waals surface area contributed by atoms with Gasteiger partial charge in [0.15, 0.2) is 6.34 Å². The molecule has 0 fully saturated rings. The number of rotatable bonds is 1. The minimum atomic E-state index is -4.41. The Morgan fingerprint density at radius 3 is 2.08 bits per heavy atom. The molecule has 0 aliphatic carbocycles. The van der Waals surface area contributed by atoms with Crippen LogP contribution in [0.4, 0.5) is 0 Å². The van der Waals surface area contributed by atoms with E-state index in [2.05, 4.69) is 16.1 Å². The van der Waals surface area contributed by atoms with Gasteiger partial charge < -0.3 is 4.55 Å². The Bertz CT molecular complexity index is 318. The molecule has 1 heterocycles. The molecule has 0 aromatic carbocycles. The molecule has 2 N–H and O–H groups in total. The van der Waals surface area contributed by atoms with Gasteiger partial charge in [-0.1, -0.05) is 0 Å². The standard InChI is InChI=1S/C5H8N2.CH4O4S/c1-4-5(2)7-3-6-4;1-5-6(2,3)4/h3H,1-2H3,(H,6,7);1H3,(H,2,3,4). The first-order valence-corrected chi connectivity index (χ1v) is 4.76. The molecule has 7 heteroatoms. The number of allylic oxidation sites excluding steroid dienone is 2. The van der Waals surface area contributed by atoms with Crippen LogP contribution in [0.5, 0.6) is 0 Å². The molecule has 0 aromatic rings. The molecule has 0 unspecified atom stereocenters. The van der Waals surface area contributed by atoms with Crippen molar-refractivity contribution in [3.8, 4) is 0 Å². The lowest BCUT2D eigenvalue weighted by molar-refractivity contribution is -0.469. The summed E-state index contributed by atoms with van der Waals surface area (Å²) in [6, 6.07) is 0.